The van der Waals surface area contributed by atoms with Gasteiger partial charge in [0.25, 0.3) is 0 Å². The molecule has 0 bridgehead atoms. The van der Waals surface area contributed by atoms with Crippen LogP contribution < -0.4 is 0 Å². The van der Waals surface area contributed by atoms with Crippen LogP contribution in [0.2, 0.25) is 0 Å². The van der Waals surface area contributed by atoms with Crippen LogP contribution in [0.5, 0.6) is 0 Å². The van der Waals surface area contributed by atoms with Gasteiger partial charge in [-0.25, -0.2) is 0 Å². The molecule has 13 heavy (non-hydrogen) atoms. The van der Waals surface area contributed by atoms with Gasteiger partial charge in [0.1, 0.15) is 29.9 Å². The fourth-order valence-electron chi connectivity index (χ4n) is 1.26. The molecule has 1 rings (SSSR count). The summed E-state index contributed by atoms with van der Waals surface area (Å²) in [4.78, 5) is 0. The molecule has 0 radical (unpaired) electrons. The van der Waals surface area contributed by atoms with Gasteiger partial charge in [-0.15, -0.1) is 11.8 Å². The summed E-state index contributed by atoms with van der Waals surface area (Å²) in [6, 6.07) is 0. The standard InChI is InChI=1S/C7H14O5S/c1-13-7-6(11)5(10)4(9)3(2-8)12-7/h3-11H,2H2,1H3/t3-,4+,5+,6+,7+/m0/s1. The van der Waals surface area contributed by atoms with Crippen molar-refractivity contribution in [3.63, 3.8) is 0 Å². The molecule has 5 nitrogen and oxygen atoms in total. The summed E-state index contributed by atoms with van der Waals surface area (Å²) in [5.41, 5.74) is -0.601. The van der Waals surface area contributed by atoms with Crippen LogP contribution in [0.3, 0.4) is 0 Å². The topological polar surface area (TPSA) is 90.2 Å². The van der Waals surface area contributed by atoms with E-state index in [0.717, 1.165) is 0 Å². The highest BCUT2D eigenvalue weighted by Crippen LogP contribution is 2.26. The van der Waals surface area contributed by atoms with E-state index in [2.05, 4.69) is 0 Å². The Morgan fingerprint density at radius 3 is 2.23 bits per heavy atom. The summed E-state index contributed by atoms with van der Waals surface area (Å²) >= 11 is 1.22. The van der Waals surface area contributed by atoms with Crippen LogP contribution in [0.1, 0.15) is 0 Å². The fourth-order valence-corrected chi connectivity index (χ4v) is 1.96. The van der Waals surface area contributed by atoms with Crippen molar-refractivity contribution in [3.05, 3.63) is 0 Å². The summed E-state index contributed by atoms with van der Waals surface area (Å²) < 4.78 is 5.13. The van der Waals surface area contributed by atoms with Crippen molar-refractivity contribution in [2.24, 2.45) is 0 Å². The van der Waals surface area contributed by atoms with Gasteiger partial charge in [-0.1, -0.05) is 0 Å². The van der Waals surface area contributed by atoms with Crippen LogP contribution in [0.25, 0.3) is 0 Å². The third-order valence-electron chi connectivity index (χ3n) is 2.08. The number of hydrogen-bond acceptors (Lipinski definition) is 6. The molecule has 1 saturated heterocycles. The second-order valence-electron chi connectivity index (χ2n) is 2.93. The predicted octanol–water partition coefficient (Wildman–Crippen LogP) is -1.85. The van der Waals surface area contributed by atoms with Crippen molar-refractivity contribution >= 4 is 11.8 Å². The van der Waals surface area contributed by atoms with Gasteiger partial charge in [0.05, 0.1) is 6.61 Å². The molecule has 1 aliphatic rings. The molecular weight excluding hydrogens is 196 g/mol. The monoisotopic (exact) mass is 210 g/mol. The van der Waals surface area contributed by atoms with Crippen molar-refractivity contribution in [1.82, 2.24) is 0 Å². The summed E-state index contributed by atoms with van der Waals surface area (Å²) in [6.07, 6.45) is -2.72. The second kappa shape index (κ2) is 4.59. The largest absolute Gasteiger partial charge is 0.394 e. The molecule has 4 N–H and O–H groups in total. The quantitative estimate of drug-likeness (QED) is 0.428. The maximum atomic E-state index is 9.38. The van der Waals surface area contributed by atoms with E-state index in [-0.39, 0.29) is 6.61 Å². The van der Waals surface area contributed by atoms with Crippen LogP contribution in [-0.4, -0.2) is 63.1 Å². The highest BCUT2D eigenvalue weighted by atomic mass is 32.2. The van der Waals surface area contributed by atoms with Crippen molar-refractivity contribution in [3.8, 4) is 0 Å². The third kappa shape index (κ3) is 2.15. The zero-order chi connectivity index (χ0) is 10.0. The lowest BCUT2D eigenvalue weighted by atomic mass is 10.0. The van der Waals surface area contributed by atoms with Crippen LogP contribution in [0.4, 0.5) is 0 Å². The molecule has 1 fully saturated rings. The molecule has 1 aliphatic heterocycles. The predicted molar refractivity (Wildman–Crippen MR) is 47.3 cm³/mol. The number of rotatable bonds is 2. The first kappa shape index (κ1) is 11.2. The number of aliphatic hydroxyl groups is 4. The highest BCUT2D eigenvalue weighted by molar-refractivity contribution is 7.99. The Hall–Kier alpha value is 0.150. The lowest BCUT2D eigenvalue weighted by Crippen LogP contribution is -2.57. The van der Waals surface area contributed by atoms with Crippen molar-refractivity contribution in [2.45, 2.75) is 29.9 Å². The van der Waals surface area contributed by atoms with Crippen LogP contribution in [-0.2, 0) is 4.74 Å². The first-order valence-corrected chi connectivity index (χ1v) is 5.24. The van der Waals surface area contributed by atoms with E-state index in [9.17, 15) is 15.3 Å². The maximum Gasteiger partial charge on any atom is 0.132 e. The van der Waals surface area contributed by atoms with Gasteiger partial charge >= 0.3 is 0 Å². The number of ether oxygens (including phenoxy) is 1. The molecule has 1 heterocycles. The highest BCUT2D eigenvalue weighted by Gasteiger charge is 2.42. The molecule has 6 heteroatoms. The minimum absolute atomic E-state index is 0.373. The zero-order valence-electron chi connectivity index (χ0n) is 7.20. The summed E-state index contributed by atoms with van der Waals surface area (Å²) in [5, 5.41) is 36.8. The molecule has 0 saturated carbocycles. The second-order valence-corrected chi connectivity index (χ2v) is 3.87. The normalized spacial score (nSPS) is 46.4. The van der Waals surface area contributed by atoms with Crippen LogP contribution >= 0.6 is 11.8 Å². The van der Waals surface area contributed by atoms with E-state index >= 15 is 0 Å². The van der Waals surface area contributed by atoms with E-state index in [1.807, 2.05) is 0 Å². The fraction of sp³-hybridized carbons (Fsp3) is 1.00. The van der Waals surface area contributed by atoms with E-state index in [4.69, 9.17) is 9.84 Å². The van der Waals surface area contributed by atoms with E-state index in [1.54, 1.807) is 6.26 Å². The summed E-state index contributed by atoms with van der Waals surface area (Å²) in [7, 11) is 0. The van der Waals surface area contributed by atoms with Gasteiger partial charge in [0, 0.05) is 0 Å². The molecule has 5 atom stereocenters. The maximum absolute atomic E-state index is 9.38. The average molecular weight is 210 g/mol. The molecule has 0 aromatic heterocycles. The lowest BCUT2D eigenvalue weighted by molar-refractivity contribution is -0.205. The minimum Gasteiger partial charge on any atom is -0.394 e. The molecule has 78 valence electrons. The first-order chi connectivity index (χ1) is 6.11. The van der Waals surface area contributed by atoms with Crippen molar-refractivity contribution in [2.75, 3.05) is 12.9 Å². The molecule has 0 spiro atoms. The Kier molecular flexibility index (Phi) is 3.96. The zero-order valence-corrected chi connectivity index (χ0v) is 8.02. The van der Waals surface area contributed by atoms with Crippen molar-refractivity contribution in [1.29, 1.82) is 0 Å². The Morgan fingerprint density at radius 2 is 1.77 bits per heavy atom. The van der Waals surface area contributed by atoms with E-state index in [1.165, 1.54) is 11.8 Å². The smallest absolute Gasteiger partial charge is 0.132 e. The molecule has 0 aliphatic carbocycles. The molecule has 0 aromatic rings. The third-order valence-corrected chi connectivity index (χ3v) is 2.94. The summed E-state index contributed by atoms with van der Waals surface area (Å²) in [6.45, 7) is -0.373. The minimum atomic E-state index is -1.26. The Labute approximate surface area is 80.3 Å². The molecular formula is C7H14O5S. The number of aliphatic hydroxyl groups excluding tert-OH is 4. The van der Waals surface area contributed by atoms with Crippen LogP contribution in [0.15, 0.2) is 0 Å². The van der Waals surface area contributed by atoms with Gasteiger partial charge < -0.3 is 25.2 Å². The molecule has 0 unspecified atom stereocenters. The van der Waals surface area contributed by atoms with Crippen molar-refractivity contribution < 1.29 is 25.2 Å². The molecule has 0 aromatic carbocycles. The van der Waals surface area contributed by atoms with E-state index < -0.39 is 29.9 Å². The first-order valence-electron chi connectivity index (χ1n) is 3.95. The Bertz CT molecular complexity index is 147. The Balaban J connectivity index is 2.66. The summed E-state index contributed by atoms with van der Waals surface area (Å²) in [5.74, 6) is 0. The number of hydrogen-bond donors (Lipinski definition) is 4. The van der Waals surface area contributed by atoms with Crippen LogP contribution in [0, 0.1) is 0 Å². The lowest BCUT2D eigenvalue weighted by Gasteiger charge is -2.39. The average Bonchev–Trinajstić information content (AvgIpc) is 2.15. The number of thioether (sulfide) groups is 1. The Morgan fingerprint density at radius 1 is 1.15 bits per heavy atom. The SMILES string of the molecule is CS[C@H]1O[C@@H](CO)[C@@H](O)[C@@H](O)[C@H]1O. The van der Waals surface area contributed by atoms with E-state index in [0.29, 0.717) is 0 Å². The molecule has 0 amide bonds. The van der Waals surface area contributed by atoms with Gasteiger partial charge in [-0.05, 0) is 6.26 Å². The van der Waals surface area contributed by atoms with Gasteiger partial charge in [-0.2, -0.15) is 0 Å². The van der Waals surface area contributed by atoms with Gasteiger partial charge in [-0.3, -0.25) is 0 Å². The van der Waals surface area contributed by atoms with Gasteiger partial charge in [0.15, 0.2) is 0 Å². The van der Waals surface area contributed by atoms with Gasteiger partial charge in [0.2, 0.25) is 0 Å².